The van der Waals surface area contributed by atoms with Crippen molar-refractivity contribution >= 4 is 35.6 Å². The number of ether oxygens (including phenoxy) is 3. The number of carbonyl (C=O) groups excluding carboxylic acids is 4. The summed E-state index contributed by atoms with van der Waals surface area (Å²) < 4.78 is 15.4. The van der Waals surface area contributed by atoms with Crippen LogP contribution in [0.5, 0.6) is 0 Å². The van der Waals surface area contributed by atoms with Crippen molar-refractivity contribution in [2.24, 2.45) is 0 Å². The molecule has 0 spiro atoms. The lowest BCUT2D eigenvalue weighted by atomic mass is 9.97. The lowest BCUT2D eigenvalue weighted by molar-refractivity contribution is -0.152. The highest BCUT2D eigenvalue weighted by atomic mass is 16.6. The van der Waals surface area contributed by atoms with Gasteiger partial charge >= 0.3 is 18.2 Å². The minimum absolute atomic E-state index is 0.0628. The van der Waals surface area contributed by atoms with Crippen LogP contribution in [0, 0.1) is 0 Å². The van der Waals surface area contributed by atoms with Gasteiger partial charge in [-0.1, -0.05) is 0 Å². The molecule has 0 bridgehead atoms. The van der Waals surface area contributed by atoms with E-state index in [1.165, 1.54) is 24.3 Å². The van der Waals surface area contributed by atoms with Gasteiger partial charge in [0.2, 0.25) is 5.91 Å². The van der Waals surface area contributed by atoms with Gasteiger partial charge in [0.25, 0.3) is 0 Å². The van der Waals surface area contributed by atoms with E-state index >= 15 is 0 Å². The fourth-order valence-corrected chi connectivity index (χ4v) is 2.87. The first-order chi connectivity index (χ1) is 14.6. The number of likely N-dealkylation sites (N-methyl/N-ethyl adjacent to an activating group) is 1. The largest absolute Gasteiger partial charge is 0.467 e. The summed E-state index contributed by atoms with van der Waals surface area (Å²) in [4.78, 5) is 56.0. The van der Waals surface area contributed by atoms with Gasteiger partial charge in [-0.15, -0.1) is 0 Å². The molecule has 1 fully saturated rings. The highest BCUT2D eigenvalue weighted by Gasteiger charge is 2.47. The number of aromatic nitrogens is 1. The molecule has 1 aromatic rings. The highest BCUT2D eigenvalue weighted by molar-refractivity contribution is 6.09. The van der Waals surface area contributed by atoms with Crippen LogP contribution >= 0.6 is 0 Å². The quantitative estimate of drug-likeness (QED) is 0.417. The van der Waals surface area contributed by atoms with Gasteiger partial charge in [0.1, 0.15) is 17.2 Å². The molecule has 0 aromatic carbocycles. The van der Waals surface area contributed by atoms with Crippen molar-refractivity contribution in [3.05, 3.63) is 18.3 Å². The average molecular weight is 450 g/mol. The van der Waals surface area contributed by atoms with Crippen LogP contribution in [0.4, 0.5) is 21.1 Å². The monoisotopic (exact) mass is 450 g/mol. The van der Waals surface area contributed by atoms with Crippen LogP contribution in [0.15, 0.2) is 18.3 Å². The van der Waals surface area contributed by atoms with Crippen LogP contribution in [0.2, 0.25) is 0 Å². The van der Waals surface area contributed by atoms with Gasteiger partial charge in [0, 0.05) is 25.0 Å². The first kappa shape index (κ1) is 24.9. The molecule has 2 heterocycles. The van der Waals surface area contributed by atoms with E-state index in [1.807, 2.05) is 0 Å². The second kappa shape index (κ2) is 9.01. The first-order valence-electron chi connectivity index (χ1n) is 9.98. The van der Waals surface area contributed by atoms with E-state index in [1.54, 1.807) is 54.7 Å². The molecule has 0 aliphatic carbocycles. The zero-order valence-corrected chi connectivity index (χ0v) is 19.6. The Morgan fingerprint density at radius 1 is 1.03 bits per heavy atom. The number of esters is 1. The Morgan fingerprint density at radius 3 is 2.00 bits per heavy atom. The summed E-state index contributed by atoms with van der Waals surface area (Å²) in [6.07, 6.45) is -0.562. The molecule has 176 valence electrons. The van der Waals surface area contributed by atoms with E-state index in [9.17, 15) is 19.2 Å². The maximum Gasteiger partial charge on any atom is 0.425 e. The van der Waals surface area contributed by atoms with E-state index in [0.29, 0.717) is 10.6 Å². The second-order valence-corrected chi connectivity index (χ2v) is 9.23. The normalized spacial score (nSPS) is 18.1. The fourth-order valence-electron chi connectivity index (χ4n) is 2.87. The molecule has 2 atom stereocenters. The summed E-state index contributed by atoms with van der Waals surface area (Å²) in [5, 5.41) is 2.49. The zero-order chi connectivity index (χ0) is 24.4. The molecule has 2 rings (SSSR count). The van der Waals surface area contributed by atoms with Gasteiger partial charge < -0.3 is 24.4 Å². The second-order valence-electron chi connectivity index (χ2n) is 9.23. The van der Waals surface area contributed by atoms with Gasteiger partial charge in [0.15, 0.2) is 11.9 Å². The topological polar surface area (TPSA) is 127 Å². The molecule has 1 aromatic heterocycles. The van der Waals surface area contributed by atoms with Gasteiger partial charge in [-0.2, -0.15) is 4.90 Å². The Hall–Kier alpha value is -3.37. The third-order valence-electron chi connectivity index (χ3n) is 4.27. The maximum atomic E-state index is 12.8. The third kappa shape index (κ3) is 5.86. The molecular weight excluding hydrogens is 420 g/mol. The van der Waals surface area contributed by atoms with Crippen molar-refractivity contribution in [1.29, 1.82) is 0 Å². The predicted octanol–water partition coefficient (Wildman–Crippen LogP) is 2.23. The van der Waals surface area contributed by atoms with Crippen molar-refractivity contribution in [2.45, 2.75) is 64.8 Å². The molecule has 1 aliphatic rings. The van der Waals surface area contributed by atoms with Crippen molar-refractivity contribution in [3.63, 3.8) is 0 Å². The van der Waals surface area contributed by atoms with Gasteiger partial charge in [-0.25, -0.2) is 19.4 Å². The summed E-state index contributed by atoms with van der Waals surface area (Å²) in [6.45, 7) is 9.99. The number of hydrogen-bond donors (Lipinski definition) is 1. The van der Waals surface area contributed by atoms with E-state index in [2.05, 4.69) is 10.3 Å². The Kier molecular flexibility index (Phi) is 7.01. The number of methoxy groups -OCH3 is 1. The Labute approximate surface area is 187 Å². The van der Waals surface area contributed by atoms with Crippen molar-refractivity contribution < 1.29 is 33.4 Å². The first-order valence-corrected chi connectivity index (χ1v) is 9.98. The molecule has 1 N–H and O–H groups in total. The maximum absolute atomic E-state index is 12.8. The molecule has 32 heavy (non-hydrogen) atoms. The Morgan fingerprint density at radius 2 is 1.56 bits per heavy atom. The fraction of sp³-hybridized carbons (Fsp3) is 0.571. The van der Waals surface area contributed by atoms with Crippen molar-refractivity contribution in [3.8, 4) is 0 Å². The number of imide groups is 1. The average Bonchev–Trinajstić information content (AvgIpc) is 2.62. The van der Waals surface area contributed by atoms with E-state index in [0.717, 1.165) is 0 Å². The number of carbonyl (C=O) groups is 4. The molecule has 3 amide bonds. The van der Waals surface area contributed by atoms with Gasteiger partial charge in [0.05, 0.1) is 7.11 Å². The Bertz CT molecular complexity index is 876. The molecule has 1 saturated heterocycles. The Balaban J connectivity index is 2.40. The molecule has 0 radical (unpaired) electrons. The number of pyridine rings is 1. The number of amides is 3. The molecule has 1 aliphatic heterocycles. The number of nitrogens with zero attached hydrogens (tertiary/aromatic N) is 3. The van der Waals surface area contributed by atoms with Crippen LogP contribution in [-0.2, 0) is 23.8 Å². The van der Waals surface area contributed by atoms with Crippen LogP contribution in [-0.4, -0.2) is 66.5 Å². The van der Waals surface area contributed by atoms with E-state index in [-0.39, 0.29) is 11.7 Å². The lowest BCUT2D eigenvalue weighted by Gasteiger charge is -2.41. The summed E-state index contributed by atoms with van der Waals surface area (Å²) in [6, 6.07) is 1.33. The van der Waals surface area contributed by atoms with Crippen LogP contribution < -0.4 is 15.1 Å². The number of β-lactam (4-membered cyclic amide) rings is 1. The summed E-state index contributed by atoms with van der Waals surface area (Å²) in [5.41, 5.74) is -1.31. The molecule has 0 saturated carbocycles. The van der Waals surface area contributed by atoms with Crippen LogP contribution in [0.25, 0.3) is 0 Å². The lowest BCUT2D eigenvalue weighted by Crippen LogP contribution is -2.71. The zero-order valence-electron chi connectivity index (χ0n) is 19.6. The summed E-state index contributed by atoms with van der Waals surface area (Å²) in [5.74, 6) is -1.01. The number of nitrogens with one attached hydrogen (secondary N) is 1. The molecule has 0 unspecified atom stereocenters. The summed E-state index contributed by atoms with van der Waals surface area (Å²) >= 11 is 0. The standard InChI is InChI=1S/C21H30N4O7/c1-20(2,3)31-18(28)25(19(29)32-21(4,5)6)13-11-12(9-10-22-13)24(7)15-14(17(27)30-8)23-16(15)26/h9-11,14-15H,1-8H3,(H,23,26)/t14-,15+/m0/s1. The molecule has 11 nitrogen and oxygen atoms in total. The number of anilines is 2. The highest BCUT2D eigenvalue weighted by Crippen LogP contribution is 2.27. The number of hydrogen-bond acceptors (Lipinski definition) is 9. The van der Waals surface area contributed by atoms with Crippen LogP contribution in [0.3, 0.4) is 0 Å². The van der Waals surface area contributed by atoms with E-state index < -0.39 is 41.4 Å². The van der Waals surface area contributed by atoms with Crippen molar-refractivity contribution in [2.75, 3.05) is 24.0 Å². The predicted molar refractivity (Wildman–Crippen MR) is 115 cm³/mol. The minimum Gasteiger partial charge on any atom is -0.467 e. The van der Waals surface area contributed by atoms with Gasteiger partial charge in [-0.3, -0.25) is 4.79 Å². The SMILES string of the molecule is COC(=O)[C@H]1NC(=O)[C@@H]1N(C)c1ccnc(N(C(=O)OC(C)(C)C)C(=O)OC(C)(C)C)c1. The molecular formula is C21H30N4O7. The third-order valence-corrected chi connectivity index (χ3v) is 4.27. The van der Waals surface area contributed by atoms with E-state index in [4.69, 9.17) is 14.2 Å². The minimum atomic E-state index is -0.965. The van der Waals surface area contributed by atoms with Crippen molar-refractivity contribution in [1.82, 2.24) is 10.3 Å². The van der Waals surface area contributed by atoms with Crippen LogP contribution in [0.1, 0.15) is 41.5 Å². The summed E-state index contributed by atoms with van der Waals surface area (Å²) in [7, 11) is 2.83. The smallest absolute Gasteiger partial charge is 0.425 e. The van der Waals surface area contributed by atoms with Gasteiger partial charge in [-0.05, 0) is 47.6 Å². The molecule has 11 heteroatoms. The number of rotatable bonds is 4.